The molecule has 7 heteroatoms. The third kappa shape index (κ3) is 4.24. The zero-order valence-electron chi connectivity index (χ0n) is 16.4. The third-order valence-electron chi connectivity index (χ3n) is 6.07. The monoisotopic (exact) mass is 373 g/mol. The fourth-order valence-corrected chi connectivity index (χ4v) is 4.22. The molecular weight excluding hydrogens is 342 g/mol. The number of urea groups is 1. The van der Waals surface area contributed by atoms with Crippen LogP contribution in [0.25, 0.3) is 0 Å². The van der Waals surface area contributed by atoms with Gasteiger partial charge in [-0.2, -0.15) is 0 Å². The van der Waals surface area contributed by atoms with Crippen LogP contribution in [0.3, 0.4) is 0 Å². The Balaban J connectivity index is 1.59. The Labute approximate surface area is 161 Å². The van der Waals surface area contributed by atoms with Gasteiger partial charge in [-0.15, -0.1) is 0 Å². The van der Waals surface area contributed by atoms with Gasteiger partial charge in [-0.3, -0.25) is 14.7 Å². The van der Waals surface area contributed by atoms with Crippen LogP contribution in [-0.2, 0) is 4.79 Å². The summed E-state index contributed by atoms with van der Waals surface area (Å²) in [4.78, 5) is 33.3. The van der Waals surface area contributed by atoms with Crippen LogP contribution in [0.2, 0.25) is 0 Å². The van der Waals surface area contributed by atoms with E-state index in [0.717, 1.165) is 37.2 Å². The van der Waals surface area contributed by atoms with E-state index in [2.05, 4.69) is 15.2 Å². The van der Waals surface area contributed by atoms with E-state index in [1.54, 1.807) is 11.1 Å². The van der Waals surface area contributed by atoms with Crippen molar-refractivity contribution in [3.8, 4) is 0 Å². The van der Waals surface area contributed by atoms with Gasteiger partial charge < -0.3 is 16.0 Å². The van der Waals surface area contributed by atoms with E-state index in [1.807, 2.05) is 26.0 Å². The van der Waals surface area contributed by atoms with Crippen LogP contribution >= 0.6 is 0 Å². The fourth-order valence-electron chi connectivity index (χ4n) is 4.22. The molecule has 0 aliphatic carbocycles. The summed E-state index contributed by atoms with van der Waals surface area (Å²) in [5.74, 6) is -0.247. The van der Waals surface area contributed by atoms with Gasteiger partial charge in [0.1, 0.15) is 5.54 Å². The number of hydrogen-bond donors (Lipinski definition) is 2. The van der Waals surface area contributed by atoms with Crippen molar-refractivity contribution in [3.63, 3.8) is 0 Å². The van der Waals surface area contributed by atoms with E-state index in [0.29, 0.717) is 25.9 Å². The van der Waals surface area contributed by atoms with Crippen molar-refractivity contribution in [2.24, 2.45) is 5.73 Å². The molecule has 0 aromatic carbocycles. The molecule has 0 radical (unpaired) electrons. The van der Waals surface area contributed by atoms with Gasteiger partial charge in [0.05, 0.1) is 6.04 Å². The molecule has 148 valence electrons. The minimum absolute atomic E-state index is 0.0974. The van der Waals surface area contributed by atoms with E-state index in [9.17, 15) is 9.59 Å². The predicted molar refractivity (Wildman–Crippen MR) is 104 cm³/mol. The largest absolute Gasteiger partial charge is 0.368 e. The van der Waals surface area contributed by atoms with Crippen LogP contribution < -0.4 is 11.1 Å². The SMILES string of the molecule is Cc1ccc([C@H](C)NC(=O)N2CCC(C(N)=O)(N3CCCCC3)CC2)cn1. The number of carbonyl (C=O) groups is 2. The van der Waals surface area contributed by atoms with Gasteiger partial charge in [-0.25, -0.2) is 4.79 Å². The van der Waals surface area contributed by atoms with Crippen LogP contribution in [0.5, 0.6) is 0 Å². The summed E-state index contributed by atoms with van der Waals surface area (Å²) in [5.41, 5.74) is 7.15. The zero-order valence-corrected chi connectivity index (χ0v) is 16.4. The number of amides is 3. The average molecular weight is 374 g/mol. The molecule has 1 aromatic rings. The van der Waals surface area contributed by atoms with Crippen molar-refractivity contribution in [3.05, 3.63) is 29.6 Å². The maximum atomic E-state index is 12.7. The minimum atomic E-state index is -0.594. The highest BCUT2D eigenvalue weighted by Gasteiger charge is 2.45. The number of pyridine rings is 1. The number of aromatic nitrogens is 1. The van der Waals surface area contributed by atoms with Crippen LogP contribution in [-0.4, -0.2) is 58.4 Å². The number of nitrogens with two attached hydrogens (primary N) is 1. The molecule has 2 aliphatic heterocycles. The summed E-state index contributed by atoms with van der Waals surface area (Å²) in [7, 11) is 0. The molecule has 2 fully saturated rings. The molecule has 3 heterocycles. The number of likely N-dealkylation sites (tertiary alicyclic amines) is 2. The van der Waals surface area contributed by atoms with E-state index in [4.69, 9.17) is 5.73 Å². The summed E-state index contributed by atoms with van der Waals surface area (Å²) in [5, 5.41) is 3.04. The molecule has 0 saturated carbocycles. The Morgan fingerprint density at radius 2 is 1.81 bits per heavy atom. The molecular formula is C20H31N5O2. The van der Waals surface area contributed by atoms with E-state index >= 15 is 0 Å². The van der Waals surface area contributed by atoms with Crippen molar-refractivity contribution in [2.45, 2.75) is 57.5 Å². The number of nitrogens with one attached hydrogen (secondary N) is 1. The maximum Gasteiger partial charge on any atom is 0.317 e. The zero-order chi connectivity index (χ0) is 19.4. The number of piperidine rings is 2. The summed E-state index contributed by atoms with van der Waals surface area (Å²) in [6.45, 7) is 6.83. The van der Waals surface area contributed by atoms with Crippen LogP contribution in [0.15, 0.2) is 18.3 Å². The van der Waals surface area contributed by atoms with Crippen molar-refractivity contribution in [2.75, 3.05) is 26.2 Å². The van der Waals surface area contributed by atoms with Gasteiger partial charge in [-0.05, 0) is 64.3 Å². The summed E-state index contributed by atoms with van der Waals surface area (Å²) < 4.78 is 0. The number of aryl methyl sites for hydroxylation is 1. The molecule has 27 heavy (non-hydrogen) atoms. The lowest BCUT2D eigenvalue weighted by Crippen LogP contribution is -2.64. The molecule has 0 unspecified atom stereocenters. The summed E-state index contributed by atoms with van der Waals surface area (Å²) in [6.07, 6.45) is 6.45. The Kier molecular flexibility index (Phi) is 5.99. The van der Waals surface area contributed by atoms with Crippen molar-refractivity contribution >= 4 is 11.9 Å². The first-order chi connectivity index (χ1) is 12.9. The van der Waals surface area contributed by atoms with Gasteiger partial charge in [0.25, 0.3) is 0 Å². The fraction of sp³-hybridized carbons (Fsp3) is 0.650. The van der Waals surface area contributed by atoms with Crippen molar-refractivity contribution in [1.29, 1.82) is 0 Å². The molecule has 3 rings (SSSR count). The molecule has 1 atom stereocenters. The highest BCUT2D eigenvalue weighted by Crippen LogP contribution is 2.31. The first kappa shape index (κ1) is 19.6. The van der Waals surface area contributed by atoms with E-state index < -0.39 is 5.54 Å². The molecule has 0 spiro atoms. The first-order valence-electron chi connectivity index (χ1n) is 9.95. The topological polar surface area (TPSA) is 91.6 Å². The third-order valence-corrected chi connectivity index (χ3v) is 6.07. The van der Waals surface area contributed by atoms with Crippen LogP contribution in [0.1, 0.15) is 56.3 Å². The highest BCUT2D eigenvalue weighted by molar-refractivity contribution is 5.85. The smallest absolute Gasteiger partial charge is 0.317 e. The number of hydrogen-bond acceptors (Lipinski definition) is 4. The number of nitrogens with zero attached hydrogens (tertiary/aromatic N) is 3. The van der Waals surface area contributed by atoms with E-state index in [-0.39, 0.29) is 18.0 Å². The van der Waals surface area contributed by atoms with Gasteiger partial charge >= 0.3 is 6.03 Å². The molecule has 3 amide bonds. The van der Waals surface area contributed by atoms with Gasteiger partial charge in [0.15, 0.2) is 0 Å². The van der Waals surface area contributed by atoms with Crippen LogP contribution in [0, 0.1) is 6.92 Å². The van der Waals surface area contributed by atoms with Gasteiger partial charge in [0.2, 0.25) is 5.91 Å². The van der Waals surface area contributed by atoms with Crippen molar-refractivity contribution < 1.29 is 9.59 Å². The number of rotatable bonds is 4. The highest BCUT2D eigenvalue weighted by atomic mass is 16.2. The van der Waals surface area contributed by atoms with Crippen molar-refractivity contribution in [1.82, 2.24) is 20.1 Å². The lowest BCUT2D eigenvalue weighted by molar-refractivity contribution is -0.134. The second kappa shape index (κ2) is 8.25. The predicted octanol–water partition coefficient (Wildman–Crippen LogP) is 1.97. The Hall–Kier alpha value is -2.15. The summed E-state index contributed by atoms with van der Waals surface area (Å²) >= 11 is 0. The van der Waals surface area contributed by atoms with Gasteiger partial charge in [0, 0.05) is 25.0 Å². The second-order valence-corrected chi connectivity index (χ2v) is 7.83. The molecule has 3 N–H and O–H groups in total. The lowest BCUT2D eigenvalue weighted by Gasteiger charge is -2.48. The Morgan fingerprint density at radius 1 is 1.15 bits per heavy atom. The Morgan fingerprint density at radius 3 is 2.37 bits per heavy atom. The summed E-state index contributed by atoms with van der Waals surface area (Å²) in [6, 6.07) is 3.71. The molecule has 1 aromatic heterocycles. The normalized spacial score (nSPS) is 21.5. The van der Waals surface area contributed by atoms with Gasteiger partial charge in [-0.1, -0.05) is 12.5 Å². The number of carbonyl (C=O) groups excluding carboxylic acids is 2. The standard InChI is InChI=1S/C20H31N5O2/c1-15-6-7-17(14-22-15)16(2)23-19(27)24-12-8-20(9-13-24,18(21)26)25-10-4-3-5-11-25/h6-7,14,16H,3-5,8-13H2,1-2H3,(H2,21,26)(H,23,27)/t16-/m0/s1. The maximum absolute atomic E-state index is 12.7. The lowest BCUT2D eigenvalue weighted by atomic mass is 9.83. The molecule has 0 bridgehead atoms. The van der Waals surface area contributed by atoms with Crippen LogP contribution in [0.4, 0.5) is 4.79 Å². The quantitative estimate of drug-likeness (QED) is 0.844. The Bertz CT molecular complexity index is 661. The average Bonchev–Trinajstić information content (AvgIpc) is 2.69. The van der Waals surface area contributed by atoms with E-state index in [1.165, 1.54) is 6.42 Å². The second-order valence-electron chi connectivity index (χ2n) is 7.83. The number of primary amides is 1. The molecule has 2 saturated heterocycles. The molecule has 7 nitrogen and oxygen atoms in total. The first-order valence-corrected chi connectivity index (χ1v) is 9.95. The minimum Gasteiger partial charge on any atom is -0.368 e. The molecule has 2 aliphatic rings.